The lowest BCUT2D eigenvalue weighted by Gasteiger charge is -2.33. The molecule has 1 saturated heterocycles. The second kappa shape index (κ2) is 8.89. The van der Waals surface area contributed by atoms with Crippen LogP contribution in [-0.2, 0) is 4.79 Å². The molecule has 1 N–H and O–H groups in total. The zero-order chi connectivity index (χ0) is 25.6. The number of aromatic nitrogens is 5. The van der Waals surface area contributed by atoms with E-state index < -0.39 is 0 Å². The van der Waals surface area contributed by atoms with Crippen LogP contribution >= 0.6 is 0 Å². The molecule has 1 amide bonds. The first-order chi connectivity index (χ1) is 17.1. The van der Waals surface area contributed by atoms with Crippen LogP contribution in [-0.4, -0.2) is 54.6 Å². The fraction of sp³-hybridized carbons (Fsp3) is 0.370. The summed E-state index contributed by atoms with van der Waals surface area (Å²) in [5, 5.41) is 7.90. The van der Waals surface area contributed by atoms with Gasteiger partial charge in [-0.3, -0.25) is 9.78 Å². The van der Waals surface area contributed by atoms with Gasteiger partial charge in [0.2, 0.25) is 5.91 Å². The van der Waals surface area contributed by atoms with E-state index in [4.69, 9.17) is 4.74 Å². The number of carbonyl (C=O) groups excluding carboxylic acids is 1. The molecule has 186 valence electrons. The van der Waals surface area contributed by atoms with Gasteiger partial charge < -0.3 is 15.0 Å². The number of nitrogens with zero attached hydrogens (tertiary/aromatic N) is 6. The molecule has 0 bridgehead atoms. The minimum absolute atomic E-state index is 0.101. The van der Waals surface area contributed by atoms with Crippen LogP contribution in [0.2, 0.25) is 0 Å². The van der Waals surface area contributed by atoms with Gasteiger partial charge in [-0.25, -0.2) is 14.5 Å². The lowest BCUT2D eigenvalue weighted by molar-refractivity contribution is -0.128. The Morgan fingerprint density at radius 2 is 1.89 bits per heavy atom. The topological polar surface area (TPSA) is 97.5 Å². The van der Waals surface area contributed by atoms with Crippen molar-refractivity contribution in [1.29, 1.82) is 0 Å². The number of pyridine rings is 2. The van der Waals surface area contributed by atoms with Crippen molar-refractivity contribution in [1.82, 2.24) is 29.5 Å². The average Bonchev–Trinajstić information content (AvgIpc) is 3.29. The second-order valence-electron chi connectivity index (χ2n) is 10.0. The van der Waals surface area contributed by atoms with E-state index in [1.165, 1.54) is 0 Å². The first-order valence-corrected chi connectivity index (χ1v) is 12.1. The highest BCUT2D eigenvalue weighted by molar-refractivity contribution is 5.80. The molecule has 0 radical (unpaired) electrons. The molecule has 0 spiro atoms. The Morgan fingerprint density at radius 3 is 2.61 bits per heavy atom. The number of carbonyl (C=O) groups is 1. The number of hydrogen-bond donors (Lipinski definition) is 1. The summed E-state index contributed by atoms with van der Waals surface area (Å²) in [6.07, 6.45) is 4.19. The Morgan fingerprint density at radius 1 is 1.08 bits per heavy atom. The zero-order valence-electron chi connectivity index (χ0n) is 21.5. The molecular formula is C27H31N7O2. The van der Waals surface area contributed by atoms with Crippen molar-refractivity contribution in [3.05, 3.63) is 59.9 Å². The molecule has 1 fully saturated rings. The standard InChI is InChI=1S/C27H31N7O2/c1-16-9-22(23(14-28-16)36-15-20-12-26(35)33(6)27(20,4)5)19-7-8-34-21(11-19)13-25(32-34)31-24-10-17(2)29-18(3)30-24/h7-11,13-14,20H,12,15H2,1-6H3,(H,29,30,31,32). The van der Waals surface area contributed by atoms with Crippen LogP contribution < -0.4 is 10.1 Å². The van der Waals surface area contributed by atoms with Gasteiger partial charge in [0, 0.05) is 60.2 Å². The van der Waals surface area contributed by atoms with Crippen LogP contribution in [0.25, 0.3) is 16.6 Å². The summed E-state index contributed by atoms with van der Waals surface area (Å²) < 4.78 is 8.11. The highest BCUT2D eigenvalue weighted by Gasteiger charge is 2.44. The van der Waals surface area contributed by atoms with Crippen LogP contribution in [0.4, 0.5) is 11.6 Å². The van der Waals surface area contributed by atoms with Crippen molar-refractivity contribution in [2.75, 3.05) is 19.0 Å². The molecule has 0 aliphatic carbocycles. The predicted octanol–water partition coefficient (Wildman–Crippen LogP) is 4.49. The summed E-state index contributed by atoms with van der Waals surface area (Å²) in [7, 11) is 1.86. The smallest absolute Gasteiger partial charge is 0.223 e. The molecule has 1 unspecified atom stereocenters. The normalized spacial score (nSPS) is 17.1. The highest BCUT2D eigenvalue weighted by Crippen LogP contribution is 2.36. The molecule has 1 aliphatic heterocycles. The van der Waals surface area contributed by atoms with E-state index in [9.17, 15) is 4.79 Å². The van der Waals surface area contributed by atoms with Gasteiger partial charge in [-0.15, -0.1) is 0 Å². The van der Waals surface area contributed by atoms with Gasteiger partial charge in [0.05, 0.1) is 18.3 Å². The van der Waals surface area contributed by atoms with Crippen molar-refractivity contribution in [3.8, 4) is 16.9 Å². The number of anilines is 2. The maximum Gasteiger partial charge on any atom is 0.223 e. The molecular weight excluding hydrogens is 454 g/mol. The third kappa shape index (κ3) is 4.48. The summed E-state index contributed by atoms with van der Waals surface area (Å²) in [6.45, 7) is 10.4. The van der Waals surface area contributed by atoms with Gasteiger partial charge in [-0.1, -0.05) is 0 Å². The number of likely N-dealkylation sites (tertiary alicyclic amines) is 1. The van der Waals surface area contributed by atoms with Gasteiger partial charge >= 0.3 is 0 Å². The molecule has 36 heavy (non-hydrogen) atoms. The SMILES string of the molecule is Cc1cc(-c2ccn3nc(Nc4cc(C)nc(C)n4)cc3c2)c(OCC2CC(=O)N(C)C2(C)C)cn1. The highest BCUT2D eigenvalue weighted by atomic mass is 16.5. The molecule has 4 aromatic rings. The van der Waals surface area contributed by atoms with Crippen molar-refractivity contribution in [2.45, 2.75) is 46.6 Å². The number of nitrogens with one attached hydrogen (secondary N) is 1. The fourth-order valence-corrected chi connectivity index (χ4v) is 4.67. The van der Waals surface area contributed by atoms with Crippen LogP contribution in [0, 0.1) is 26.7 Å². The molecule has 4 aromatic heterocycles. The van der Waals surface area contributed by atoms with Crippen molar-refractivity contribution >= 4 is 23.1 Å². The Hall–Kier alpha value is -4.01. The molecule has 1 aliphatic rings. The monoisotopic (exact) mass is 485 g/mol. The zero-order valence-corrected chi connectivity index (χ0v) is 21.5. The molecule has 5 rings (SSSR count). The molecule has 1 atom stereocenters. The van der Waals surface area contributed by atoms with Gasteiger partial charge in [-0.05, 0) is 58.4 Å². The maximum atomic E-state index is 12.3. The van der Waals surface area contributed by atoms with Gasteiger partial charge in [-0.2, -0.15) is 5.10 Å². The van der Waals surface area contributed by atoms with Gasteiger partial charge in [0.25, 0.3) is 0 Å². The largest absolute Gasteiger partial charge is 0.491 e. The first kappa shape index (κ1) is 23.7. The Balaban J connectivity index is 1.41. The number of ether oxygens (including phenoxy) is 1. The number of amides is 1. The summed E-state index contributed by atoms with van der Waals surface area (Å²) in [5.41, 5.74) is 4.44. The van der Waals surface area contributed by atoms with E-state index >= 15 is 0 Å². The Bertz CT molecular complexity index is 1440. The van der Waals surface area contributed by atoms with E-state index in [1.54, 1.807) is 6.20 Å². The van der Waals surface area contributed by atoms with E-state index in [1.807, 2.05) is 67.7 Å². The number of aryl methyl sites for hydroxylation is 3. The summed E-state index contributed by atoms with van der Waals surface area (Å²) in [4.78, 5) is 27.3. The third-order valence-corrected chi connectivity index (χ3v) is 7.10. The minimum Gasteiger partial charge on any atom is -0.491 e. The van der Waals surface area contributed by atoms with Crippen molar-refractivity contribution in [2.24, 2.45) is 5.92 Å². The molecule has 9 heteroatoms. The van der Waals surface area contributed by atoms with Gasteiger partial charge in [0.1, 0.15) is 17.4 Å². The van der Waals surface area contributed by atoms with E-state index in [0.29, 0.717) is 36.2 Å². The maximum absolute atomic E-state index is 12.3. The van der Waals surface area contributed by atoms with E-state index in [0.717, 1.165) is 28.0 Å². The number of rotatable bonds is 6. The lowest BCUT2D eigenvalue weighted by Crippen LogP contribution is -2.42. The molecule has 0 aromatic carbocycles. The van der Waals surface area contributed by atoms with E-state index in [-0.39, 0.29) is 17.4 Å². The molecule has 0 saturated carbocycles. The van der Waals surface area contributed by atoms with Crippen LogP contribution in [0.15, 0.2) is 42.7 Å². The van der Waals surface area contributed by atoms with E-state index in [2.05, 4.69) is 45.3 Å². The van der Waals surface area contributed by atoms with Crippen LogP contribution in [0.5, 0.6) is 5.75 Å². The number of fused-ring (bicyclic) bond motifs is 1. The quantitative estimate of drug-likeness (QED) is 0.430. The Kier molecular flexibility index (Phi) is 5.86. The van der Waals surface area contributed by atoms with Crippen molar-refractivity contribution in [3.63, 3.8) is 0 Å². The molecule has 5 heterocycles. The predicted molar refractivity (Wildman–Crippen MR) is 138 cm³/mol. The Labute approximate surface area is 210 Å². The third-order valence-electron chi connectivity index (χ3n) is 7.10. The van der Waals surface area contributed by atoms with Crippen molar-refractivity contribution < 1.29 is 9.53 Å². The van der Waals surface area contributed by atoms with Gasteiger partial charge in [0.15, 0.2) is 5.82 Å². The number of hydrogen-bond acceptors (Lipinski definition) is 7. The molecule has 9 nitrogen and oxygen atoms in total. The van der Waals surface area contributed by atoms with Crippen LogP contribution in [0.3, 0.4) is 0 Å². The van der Waals surface area contributed by atoms with Crippen LogP contribution in [0.1, 0.15) is 37.5 Å². The second-order valence-corrected chi connectivity index (χ2v) is 10.0. The fourth-order valence-electron chi connectivity index (χ4n) is 4.67. The summed E-state index contributed by atoms with van der Waals surface area (Å²) in [6, 6.07) is 9.99. The first-order valence-electron chi connectivity index (χ1n) is 12.1. The summed E-state index contributed by atoms with van der Waals surface area (Å²) in [5.74, 6) is 3.07. The average molecular weight is 486 g/mol. The minimum atomic E-state index is -0.254. The summed E-state index contributed by atoms with van der Waals surface area (Å²) >= 11 is 0. The lowest BCUT2D eigenvalue weighted by atomic mass is 9.89.